The summed E-state index contributed by atoms with van der Waals surface area (Å²) in [6.45, 7) is 5.83. The van der Waals surface area contributed by atoms with Crippen molar-refractivity contribution in [2.75, 3.05) is 13.2 Å². The van der Waals surface area contributed by atoms with Gasteiger partial charge in [-0.05, 0) is 30.1 Å². The van der Waals surface area contributed by atoms with E-state index >= 15 is 0 Å². The van der Waals surface area contributed by atoms with Crippen molar-refractivity contribution < 1.29 is 22.6 Å². The summed E-state index contributed by atoms with van der Waals surface area (Å²) in [5.74, 6) is -2.69. The van der Waals surface area contributed by atoms with E-state index < -0.39 is 12.0 Å². The summed E-state index contributed by atoms with van der Waals surface area (Å²) >= 11 is 0. The molecule has 0 radical (unpaired) electrons. The van der Waals surface area contributed by atoms with Gasteiger partial charge in [-0.15, -0.1) is 11.5 Å². The van der Waals surface area contributed by atoms with Gasteiger partial charge in [-0.3, -0.25) is 0 Å². The van der Waals surface area contributed by atoms with Gasteiger partial charge in [0.05, 0.1) is 18.8 Å². The second-order valence-electron chi connectivity index (χ2n) is 6.85. The molecule has 0 aromatic rings. The smallest absolute Gasteiger partial charge is 0.338 e. The van der Waals surface area contributed by atoms with Gasteiger partial charge in [0.25, 0.3) is 0 Å². The van der Waals surface area contributed by atoms with Crippen LogP contribution in [0.3, 0.4) is 0 Å². The number of rotatable bonds is 1. The van der Waals surface area contributed by atoms with Crippen LogP contribution in [0.25, 0.3) is 0 Å². The SMILES string of the molecule is CC1=C=C2C3=C(C=C(C(C)C)C=C=C13)C1COC2(C(F)(F)F)OC1. The largest absolute Gasteiger partial charge is 0.448 e. The van der Waals surface area contributed by atoms with Crippen LogP contribution >= 0.6 is 0 Å². The molecule has 0 aromatic carbocycles. The number of allylic oxidation sites excluding steroid dienone is 3. The minimum Gasteiger partial charge on any atom is -0.338 e. The zero-order valence-electron chi connectivity index (χ0n) is 13.7. The van der Waals surface area contributed by atoms with E-state index in [-0.39, 0.29) is 30.6 Å². The summed E-state index contributed by atoms with van der Waals surface area (Å²) in [5, 5.41) is 0. The number of hydrogen-bond donors (Lipinski definition) is 0. The van der Waals surface area contributed by atoms with Crippen molar-refractivity contribution in [2.24, 2.45) is 11.8 Å². The maximum Gasteiger partial charge on any atom is 0.448 e. The second kappa shape index (κ2) is 4.87. The Morgan fingerprint density at radius 3 is 2.50 bits per heavy atom. The number of halogens is 3. The summed E-state index contributed by atoms with van der Waals surface area (Å²) in [7, 11) is 0. The molecule has 2 nitrogen and oxygen atoms in total. The van der Waals surface area contributed by atoms with Crippen molar-refractivity contribution in [2.45, 2.75) is 32.7 Å². The quantitative estimate of drug-likeness (QED) is 0.663. The highest BCUT2D eigenvalue weighted by Crippen LogP contribution is 2.54. The molecule has 0 unspecified atom stereocenters. The fourth-order valence-corrected chi connectivity index (χ4v) is 3.60. The first-order chi connectivity index (χ1) is 11.2. The molecule has 2 bridgehead atoms. The third-order valence-electron chi connectivity index (χ3n) is 4.97. The summed E-state index contributed by atoms with van der Waals surface area (Å²) in [4.78, 5) is 0. The highest BCUT2D eigenvalue weighted by Gasteiger charge is 2.66. The van der Waals surface area contributed by atoms with E-state index in [4.69, 9.17) is 9.47 Å². The molecule has 5 aliphatic rings. The topological polar surface area (TPSA) is 18.5 Å². The van der Waals surface area contributed by atoms with Gasteiger partial charge in [-0.25, -0.2) is 0 Å². The lowest BCUT2D eigenvalue weighted by Gasteiger charge is -2.38. The Kier molecular flexibility index (Phi) is 3.20. The van der Waals surface area contributed by atoms with Crippen molar-refractivity contribution in [3.63, 3.8) is 0 Å². The van der Waals surface area contributed by atoms with Crippen LogP contribution in [0, 0.1) is 11.8 Å². The molecular formula is C19H17F3O2. The van der Waals surface area contributed by atoms with E-state index in [1.807, 2.05) is 12.2 Å². The minimum absolute atomic E-state index is 0.0161. The maximum atomic E-state index is 13.9. The Balaban J connectivity index is 2.03. The van der Waals surface area contributed by atoms with E-state index in [9.17, 15) is 13.2 Å². The Bertz CT molecular complexity index is 815. The number of hydrogen-bond acceptors (Lipinski definition) is 2. The number of alkyl halides is 3. The Hall–Kier alpha value is -1.77. The van der Waals surface area contributed by atoms with Crippen LogP contribution in [-0.2, 0) is 9.47 Å². The predicted molar refractivity (Wildman–Crippen MR) is 81.9 cm³/mol. The zero-order chi connectivity index (χ0) is 17.3. The molecule has 5 rings (SSSR count). The first kappa shape index (κ1) is 15.7. The lowest BCUT2D eigenvalue weighted by Crippen LogP contribution is -2.54. The molecule has 3 aliphatic heterocycles. The third-order valence-corrected chi connectivity index (χ3v) is 4.97. The van der Waals surface area contributed by atoms with Crippen molar-refractivity contribution in [3.05, 3.63) is 57.1 Å². The third kappa shape index (κ3) is 1.93. The molecule has 0 N–H and O–H groups in total. The monoisotopic (exact) mass is 334 g/mol. The Morgan fingerprint density at radius 1 is 1.25 bits per heavy atom. The van der Waals surface area contributed by atoms with Gasteiger partial charge in [0.1, 0.15) is 0 Å². The van der Waals surface area contributed by atoms with Crippen molar-refractivity contribution in [1.82, 2.24) is 0 Å². The van der Waals surface area contributed by atoms with Crippen LogP contribution in [0.1, 0.15) is 20.8 Å². The van der Waals surface area contributed by atoms with E-state index in [0.29, 0.717) is 16.7 Å². The molecular weight excluding hydrogens is 317 g/mol. The molecule has 0 atom stereocenters. The van der Waals surface area contributed by atoms with Crippen molar-refractivity contribution in [3.8, 4) is 0 Å². The molecule has 2 aliphatic carbocycles. The molecule has 0 spiro atoms. The molecule has 1 saturated heterocycles. The summed E-state index contributed by atoms with van der Waals surface area (Å²) < 4.78 is 52.1. The molecule has 0 saturated carbocycles. The van der Waals surface area contributed by atoms with E-state index in [2.05, 4.69) is 25.3 Å². The first-order valence-corrected chi connectivity index (χ1v) is 8.01. The average Bonchev–Trinajstić information content (AvgIpc) is 2.65. The van der Waals surface area contributed by atoms with Crippen LogP contribution in [-0.4, -0.2) is 25.2 Å². The average molecular weight is 334 g/mol. The van der Waals surface area contributed by atoms with Gasteiger partial charge in [-0.2, -0.15) is 13.2 Å². The fraction of sp³-hybridized carbons (Fsp3) is 0.474. The van der Waals surface area contributed by atoms with E-state index in [1.54, 1.807) is 6.92 Å². The Morgan fingerprint density at radius 2 is 1.92 bits per heavy atom. The molecule has 126 valence electrons. The Labute approximate surface area is 138 Å². The van der Waals surface area contributed by atoms with E-state index in [1.165, 1.54) is 0 Å². The molecule has 0 aromatic heterocycles. The second-order valence-corrected chi connectivity index (χ2v) is 6.85. The van der Waals surface area contributed by atoms with Gasteiger partial charge in [0, 0.05) is 22.6 Å². The van der Waals surface area contributed by atoms with Crippen LogP contribution in [0.4, 0.5) is 13.2 Å². The summed E-state index contributed by atoms with van der Waals surface area (Å²) in [5.41, 5.74) is 9.73. The molecule has 5 heteroatoms. The first-order valence-electron chi connectivity index (χ1n) is 8.01. The van der Waals surface area contributed by atoms with Crippen LogP contribution < -0.4 is 0 Å². The lowest BCUT2D eigenvalue weighted by atomic mass is 9.87. The normalized spacial score (nSPS) is 31.4. The zero-order valence-corrected chi connectivity index (χ0v) is 13.7. The minimum atomic E-state index is -4.67. The molecule has 1 fully saturated rings. The summed E-state index contributed by atoms with van der Waals surface area (Å²) in [6.07, 6.45) is -0.813. The standard InChI is InChI=1S/C19H17F3O2/c1-10(2)12-4-5-14-11(3)6-16-17(14)15(7-12)13-8-23-18(16,24-9-13)19(20,21)22/h4,7,10,13H,8-9H2,1-3H3. The highest BCUT2D eigenvalue weighted by atomic mass is 19.4. The maximum absolute atomic E-state index is 13.9. The van der Waals surface area contributed by atoms with Crippen LogP contribution in [0.2, 0.25) is 0 Å². The lowest BCUT2D eigenvalue weighted by molar-refractivity contribution is -0.380. The van der Waals surface area contributed by atoms with E-state index in [0.717, 1.165) is 11.1 Å². The molecule has 3 heterocycles. The summed E-state index contributed by atoms with van der Waals surface area (Å²) in [6, 6.07) is 0. The van der Waals surface area contributed by atoms with Gasteiger partial charge in [0.2, 0.25) is 0 Å². The highest BCUT2D eigenvalue weighted by molar-refractivity contribution is 5.69. The fourth-order valence-electron chi connectivity index (χ4n) is 3.60. The number of fused-ring (bicyclic) bond motifs is 2. The molecule has 24 heavy (non-hydrogen) atoms. The van der Waals surface area contributed by atoms with Gasteiger partial charge >= 0.3 is 12.0 Å². The van der Waals surface area contributed by atoms with Crippen LogP contribution in [0.15, 0.2) is 57.1 Å². The molecule has 0 amide bonds. The van der Waals surface area contributed by atoms with Crippen LogP contribution in [0.5, 0.6) is 0 Å². The van der Waals surface area contributed by atoms with Gasteiger partial charge in [0.15, 0.2) is 0 Å². The van der Waals surface area contributed by atoms with Gasteiger partial charge in [-0.1, -0.05) is 19.9 Å². The van der Waals surface area contributed by atoms with Gasteiger partial charge < -0.3 is 9.47 Å². The number of ether oxygens (including phenoxy) is 2. The predicted octanol–water partition coefficient (Wildman–Crippen LogP) is 4.38. The van der Waals surface area contributed by atoms with Crippen molar-refractivity contribution >= 4 is 0 Å². The van der Waals surface area contributed by atoms with Crippen molar-refractivity contribution in [1.29, 1.82) is 0 Å².